The number of ether oxygens (including phenoxy) is 1. The van der Waals surface area contributed by atoms with Crippen molar-refractivity contribution < 1.29 is 9.66 Å². The maximum absolute atomic E-state index is 11.1. The van der Waals surface area contributed by atoms with Crippen LogP contribution in [-0.2, 0) is 5.75 Å². The van der Waals surface area contributed by atoms with E-state index in [1.54, 1.807) is 6.07 Å². The lowest BCUT2D eigenvalue weighted by Gasteiger charge is -2.03. The van der Waals surface area contributed by atoms with E-state index in [2.05, 4.69) is 15.3 Å². The predicted octanol–water partition coefficient (Wildman–Crippen LogP) is 3.37. The second kappa shape index (κ2) is 8.26. The Morgan fingerprint density at radius 2 is 2.12 bits per heavy atom. The van der Waals surface area contributed by atoms with Gasteiger partial charge >= 0.3 is 5.69 Å². The van der Waals surface area contributed by atoms with Crippen LogP contribution < -0.4 is 4.74 Å². The average molecular weight is 369 g/mol. The Morgan fingerprint density at radius 3 is 2.85 bits per heavy atom. The molecule has 0 radical (unpaired) electrons. The highest BCUT2D eigenvalue weighted by Gasteiger charge is 2.14. The minimum Gasteiger partial charge on any atom is -0.490 e. The molecule has 2 aromatic carbocycles. The van der Waals surface area contributed by atoms with Crippen molar-refractivity contribution >= 4 is 23.7 Å². The Morgan fingerprint density at radius 1 is 1.31 bits per heavy atom. The summed E-state index contributed by atoms with van der Waals surface area (Å²) in [6.07, 6.45) is 3.00. The lowest BCUT2D eigenvalue weighted by molar-refractivity contribution is -0.385. The van der Waals surface area contributed by atoms with Gasteiger partial charge in [0, 0.05) is 17.4 Å². The van der Waals surface area contributed by atoms with Crippen molar-refractivity contribution in [2.75, 3.05) is 7.11 Å². The SMILES string of the molecule is COc1ccc(/C=N/n2cnnc2SCc2ccccc2)cc1[N+](=O)[O-]. The van der Waals surface area contributed by atoms with Gasteiger partial charge in [0.15, 0.2) is 5.75 Å². The van der Waals surface area contributed by atoms with E-state index in [1.807, 2.05) is 30.3 Å². The predicted molar refractivity (Wildman–Crippen MR) is 98.7 cm³/mol. The van der Waals surface area contributed by atoms with Crippen LogP contribution in [0, 0.1) is 10.1 Å². The van der Waals surface area contributed by atoms with E-state index in [0.717, 1.165) is 5.75 Å². The van der Waals surface area contributed by atoms with Crippen LogP contribution in [0.4, 0.5) is 5.69 Å². The van der Waals surface area contributed by atoms with Crippen LogP contribution in [0.3, 0.4) is 0 Å². The number of hydrogen-bond donors (Lipinski definition) is 0. The molecule has 0 spiro atoms. The van der Waals surface area contributed by atoms with Gasteiger partial charge < -0.3 is 4.74 Å². The summed E-state index contributed by atoms with van der Waals surface area (Å²) in [4.78, 5) is 10.6. The molecule has 0 saturated heterocycles. The Bertz CT molecular complexity index is 927. The maximum atomic E-state index is 11.1. The molecule has 0 atom stereocenters. The monoisotopic (exact) mass is 369 g/mol. The van der Waals surface area contributed by atoms with Crippen molar-refractivity contribution in [2.24, 2.45) is 5.10 Å². The number of methoxy groups -OCH3 is 1. The van der Waals surface area contributed by atoms with Crippen molar-refractivity contribution in [3.05, 3.63) is 76.1 Å². The Kier molecular flexibility index (Phi) is 5.59. The van der Waals surface area contributed by atoms with E-state index >= 15 is 0 Å². The molecule has 3 aromatic rings. The first kappa shape index (κ1) is 17.6. The fraction of sp³-hybridized carbons (Fsp3) is 0.118. The minimum absolute atomic E-state index is 0.112. The van der Waals surface area contributed by atoms with E-state index < -0.39 is 4.92 Å². The molecule has 0 aliphatic carbocycles. The first-order valence-corrected chi connectivity index (χ1v) is 8.59. The summed E-state index contributed by atoms with van der Waals surface area (Å²) in [5.74, 6) is 0.943. The Hall–Kier alpha value is -3.20. The van der Waals surface area contributed by atoms with E-state index in [4.69, 9.17) is 4.74 Å². The van der Waals surface area contributed by atoms with Gasteiger partial charge in [-0.25, -0.2) is 0 Å². The van der Waals surface area contributed by atoms with Crippen LogP contribution in [0.1, 0.15) is 11.1 Å². The van der Waals surface area contributed by atoms with Crippen molar-refractivity contribution in [1.82, 2.24) is 14.9 Å². The molecule has 0 bridgehead atoms. The number of thioether (sulfide) groups is 1. The zero-order chi connectivity index (χ0) is 18.4. The number of benzene rings is 2. The van der Waals surface area contributed by atoms with Gasteiger partial charge in [0.05, 0.1) is 18.2 Å². The van der Waals surface area contributed by atoms with Gasteiger partial charge in [0.2, 0.25) is 5.16 Å². The van der Waals surface area contributed by atoms with Crippen molar-refractivity contribution in [1.29, 1.82) is 0 Å². The van der Waals surface area contributed by atoms with Crippen LogP contribution in [0.15, 0.2) is 65.1 Å². The number of aromatic nitrogens is 3. The average Bonchev–Trinajstić information content (AvgIpc) is 3.12. The van der Waals surface area contributed by atoms with Gasteiger partial charge in [-0.05, 0) is 17.7 Å². The van der Waals surface area contributed by atoms with Gasteiger partial charge in [-0.3, -0.25) is 10.1 Å². The highest BCUT2D eigenvalue weighted by molar-refractivity contribution is 7.98. The zero-order valence-electron chi connectivity index (χ0n) is 13.8. The van der Waals surface area contributed by atoms with Gasteiger partial charge in [0.25, 0.3) is 0 Å². The van der Waals surface area contributed by atoms with Crippen LogP contribution in [0.2, 0.25) is 0 Å². The molecule has 0 aliphatic heterocycles. The van der Waals surface area contributed by atoms with E-state index in [0.29, 0.717) is 10.7 Å². The van der Waals surface area contributed by atoms with Crippen LogP contribution >= 0.6 is 11.8 Å². The third-order valence-corrected chi connectivity index (χ3v) is 4.45. The van der Waals surface area contributed by atoms with Crippen LogP contribution in [-0.4, -0.2) is 33.1 Å². The fourth-order valence-electron chi connectivity index (χ4n) is 2.17. The standard InChI is InChI=1S/C17H15N5O3S/c1-25-16-8-7-14(9-15(16)22(23)24)10-19-21-12-18-20-17(21)26-11-13-5-3-2-4-6-13/h2-10,12H,11H2,1H3/b19-10+. The highest BCUT2D eigenvalue weighted by Crippen LogP contribution is 2.27. The molecule has 0 fully saturated rings. The summed E-state index contributed by atoms with van der Waals surface area (Å²) >= 11 is 1.50. The minimum atomic E-state index is -0.490. The molecule has 0 unspecified atom stereocenters. The summed E-state index contributed by atoms with van der Waals surface area (Å²) in [6.45, 7) is 0. The molecule has 9 heteroatoms. The Balaban J connectivity index is 1.74. The number of nitro benzene ring substituents is 1. The quantitative estimate of drug-likeness (QED) is 0.274. The molecular weight excluding hydrogens is 354 g/mol. The lowest BCUT2D eigenvalue weighted by atomic mass is 10.2. The molecule has 1 heterocycles. The number of rotatable bonds is 7. The molecule has 3 rings (SSSR count). The van der Waals surface area contributed by atoms with Crippen molar-refractivity contribution in [3.63, 3.8) is 0 Å². The topological polar surface area (TPSA) is 95.4 Å². The van der Waals surface area contributed by atoms with Crippen molar-refractivity contribution in [2.45, 2.75) is 10.9 Å². The molecular formula is C17H15N5O3S. The summed E-state index contributed by atoms with van der Waals surface area (Å²) in [5, 5.41) is 23.9. The summed E-state index contributed by atoms with van der Waals surface area (Å²) in [6, 6.07) is 14.6. The van der Waals surface area contributed by atoms with E-state index in [9.17, 15) is 10.1 Å². The normalized spacial score (nSPS) is 11.0. The third kappa shape index (κ3) is 4.25. The first-order chi connectivity index (χ1) is 12.7. The molecule has 0 N–H and O–H groups in total. The number of nitro groups is 1. The first-order valence-electron chi connectivity index (χ1n) is 7.61. The molecule has 0 aliphatic rings. The second-order valence-electron chi connectivity index (χ2n) is 5.17. The number of hydrogen-bond acceptors (Lipinski definition) is 7. The van der Waals surface area contributed by atoms with Crippen LogP contribution in [0.25, 0.3) is 0 Å². The van der Waals surface area contributed by atoms with E-state index in [-0.39, 0.29) is 11.4 Å². The Labute approximate surface area is 153 Å². The van der Waals surface area contributed by atoms with Gasteiger partial charge in [-0.15, -0.1) is 10.2 Å². The maximum Gasteiger partial charge on any atom is 0.311 e. The smallest absolute Gasteiger partial charge is 0.311 e. The summed E-state index contributed by atoms with van der Waals surface area (Å²) in [5.41, 5.74) is 1.63. The summed E-state index contributed by atoms with van der Waals surface area (Å²) in [7, 11) is 1.39. The molecule has 8 nitrogen and oxygen atoms in total. The zero-order valence-corrected chi connectivity index (χ0v) is 14.7. The molecule has 0 saturated carbocycles. The van der Waals surface area contributed by atoms with Gasteiger partial charge in [0.1, 0.15) is 6.33 Å². The van der Waals surface area contributed by atoms with Crippen molar-refractivity contribution in [3.8, 4) is 5.75 Å². The third-order valence-electron chi connectivity index (χ3n) is 3.44. The molecule has 1 aromatic heterocycles. The fourth-order valence-corrected chi connectivity index (χ4v) is 2.99. The molecule has 26 heavy (non-hydrogen) atoms. The second-order valence-corrected chi connectivity index (χ2v) is 6.11. The van der Waals surface area contributed by atoms with E-state index in [1.165, 1.54) is 53.8 Å². The summed E-state index contributed by atoms with van der Waals surface area (Å²) < 4.78 is 6.52. The largest absolute Gasteiger partial charge is 0.490 e. The molecule has 132 valence electrons. The van der Waals surface area contributed by atoms with Gasteiger partial charge in [-0.2, -0.15) is 9.78 Å². The van der Waals surface area contributed by atoms with Crippen LogP contribution in [0.5, 0.6) is 5.75 Å². The molecule has 0 amide bonds. The van der Waals surface area contributed by atoms with Gasteiger partial charge in [-0.1, -0.05) is 42.1 Å². The lowest BCUT2D eigenvalue weighted by Crippen LogP contribution is -1.96. The number of nitrogens with zero attached hydrogens (tertiary/aromatic N) is 5. The highest BCUT2D eigenvalue weighted by atomic mass is 32.2.